The molecule has 0 aromatic heterocycles. The molecule has 0 heterocycles. The third-order valence-electron chi connectivity index (χ3n) is 4.59. The molecule has 0 unspecified atom stereocenters. The summed E-state index contributed by atoms with van der Waals surface area (Å²) in [6, 6.07) is 39.4. The molecule has 0 aliphatic heterocycles. The molecular weight excluding hydrogens is 363 g/mol. The number of hydrogen-bond acceptors (Lipinski definition) is 1. The van der Waals surface area contributed by atoms with Crippen molar-refractivity contribution in [2.45, 2.75) is 17.1 Å². The van der Waals surface area contributed by atoms with E-state index in [-0.39, 0.29) is 0 Å². The fourth-order valence-corrected chi connectivity index (χ4v) is 7.02. The zero-order valence-corrected chi connectivity index (χ0v) is 17.0. The Kier molecular flexibility index (Phi) is 5.82. The van der Waals surface area contributed by atoms with Gasteiger partial charge in [-0.25, -0.2) is 12.1 Å². The highest BCUT2D eigenvalue weighted by atomic mass is 32.2. The van der Waals surface area contributed by atoms with E-state index < -0.39 is 7.92 Å². The first kappa shape index (κ1) is 18.2. The van der Waals surface area contributed by atoms with Gasteiger partial charge in [-0.2, -0.15) is 6.07 Å². The average molecular weight is 385 g/mol. The molecule has 4 aromatic carbocycles. The maximum atomic E-state index is 2.32. The summed E-state index contributed by atoms with van der Waals surface area (Å²) >= 11 is 1.93. The van der Waals surface area contributed by atoms with Crippen LogP contribution in [0.25, 0.3) is 0 Å². The van der Waals surface area contributed by atoms with Crippen LogP contribution in [0.1, 0.15) is 17.7 Å². The molecule has 0 bridgehead atoms. The van der Waals surface area contributed by atoms with Gasteiger partial charge >= 0.3 is 0 Å². The Morgan fingerprint density at radius 3 is 1.74 bits per heavy atom. The maximum Gasteiger partial charge on any atom is 0.00675 e. The molecule has 27 heavy (non-hydrogen) atoms. The van der Waals surface area contributed by atoms with Gasteiger partial charge in [0.2, 0.25) is 0 Å². The molecule has 0 spiro atoms. The van der Waals surface area contributed by atoms with Gasteiger partial charge in [0.1, 0.15) is 0 Å². The van der Waals surface area contributed by atoms with Gasteiger partial charge in [-0.05, 0) is 35.9 Å². The molecule has 4 aromatic rings. The SMILES string of the molecule is C[C@H](Sc1ccccc1)[c-]1cccc1P(c1ccccc1)c1ccccc1. The predicted molar refractivity (Wildman–Crippen MR) is 121 cm³/mol. The van der Waals surface area contributed by atoms with Gasteiger partial charge in [-0.1, -0.05) is 85.8 Å². The lowest BCUT2D eigenvalue weighted by molar-refractivity contribution is 1.12. The Morgan fingerprint density at radius 2 is 1.19 bits per heavy atom. The van der Waals surface area contributed by atoms with E-state index in [4.69, 9.17) is 0 Å². The van der Waals surface area contributed by atoms with Crippen LogP contribution in [-0.2, 0) is 0 Å². The van der Waals surface area contributed by atoms with Crippen LogP contribution >= 0.6 is 19.7 Å². The minimum absolute atomic E-state index is 0.412. The summed E-state index contributed by atoms with van der Waals surface area (Å²) in [7, 11) is -0.550. The van der Waals surface area contributed by atoms with Crippen LogP contribution in [0.15, 0.2) is 114 Å². The van der Waals surface area contributed by atoms with Crippen LogP contribution < -0.4 is 15.9 Å². The summed E-state index contributed by atoms with van der Waals surface area (Å²) < 4.78 is 0. The van der Waals surface area contributed by atoms with Crippen LogP contribution in [0.5, 0.6) is 0 Å². The third kappa shape index (κ3) is 4.21. The lowest BCUT2D eigenvalue weighted by atomic mass is 10.2. The number of thioether (sulfide) groups is 1. The fourth-order valence-electron chi connectivity index (χ4n) is 3.32. The van der Waals surface area contributed by atoms with E-state index in [9.17, 15) is 0 Å². The summed E-state index contributed by atoms with van der Waals surface area (Å²) in [6.07, 6.45) is 0. The molecular formula is C25H22PS-. The van der Waals surface area contributed by atoms with E-state index in [1.807, 2.05) is 11.8 Å². The number of hydrogen-bond donors (Lipinski definition) is 0. The van der Waals surface area contributed by atoms with E-state index >= 15 is 0 Å². The Hall–Kier alpha value is -2.21. The van der Waals surface area contributed by atoms with Gasteiger partial charge < -0.3 is 0 Å². The highest BCUT2D eigenvalue weighted by Crippen LogP contribution is 2.41. The van der Waals surface area contributed by atoms with Gasteiger partial charge in [0.05, 0.1) is 0 Å². The quantitative estimate of drug-likeness (QED) is 0.222. The summed E-state index contributed by atoms with van der Waals surface area (Å²) in [6.45, 7) is 2.32. The van der Waals surface area contributed by atoms with Crippen molar-refractivity contribution in [2.24, 2.45) is 0 Å². The van der Waals surface area contributed by atoms with Gasteiger partial charge in [0, 0.05) is 4.90 Å². The second kappa shape index (κ2) is 8.65. The second-order valence-electron chi connectivity index (χ2n) is 6.45. The molecule has 4 rings (SSSR count). The number of rotatable bonds is 6. The van der Waals surface area contributed by atoms with Crippen LogP contribution in [0.4, 0.5) is 0 Å². The van der Waals surface area contributed by atoms with Crippen molar-refractivity contribution in [3.63, 3.8) is 0 Å². The van der Waals surface area contributed by atoms with Crippen molar-refractivity contribution < 1.29 is 0 Å². The van der Waals surface area contributed by atoms with Crippen molar-refractivity contribution >= 4 is 35.6 Å². The molecule has 0 nitrogen and oxygen atoms in total. The van der Waals surface area contributed by atoms with Crippen molar-refractivity contribution in [1.82, 2.24) is 0 Å². The minimum atomic E-state index is -0.550. The van der Waals surface area contributed by atoms with Crippen LogP contribution in [0, 0.1) is 0 Å². The Balaban J connectivity index is 1.73. The summed E-state index contributed by atoms with van der Waals surface area (Å²) in [5.41, 5.74) is 1.45. The molecule has 0 aliphatic rings. The monoisotopic (exact) mass is 385 g/mol. The van der Waals surface area contributed by atoms with Crippen molar-refractivity contribution in [3.8, 4) is 0 Å². The largest absolute Gasteiger partial charge is 0.213 e. The molecule has 0 radical (unpaired) electrons. The van der Waals surface area contributed by atoms with Crippen molar-refractivity contribution in [1.29, 1.82) is 0 Å². The lowest BCUT2D eigenvalue weighted by Gasteiger charge is -2.27. The van der Waals surface area contributed by atoms with E-state index in [0.717, 1.165) is 0 Å². The van der Waals surface area contributed by atoms with Crippen LogP contribution in [0.2, 0.25) is 0 Å². The maximum absolute atomic E-state index is 2.32. The topological polar surface area (TPSA) is 0 Å². The Labute approximate surface area is 167 Å². The summed E-state index contributed by atoms with van der Waals surface area (Å²) in [5, 5.41) is 4.69. The normalized spacial score (nSPS) is 12.2. The third-order valence-corrected chi connectivity index (χ3v) is 8.26. The summed E-state index contributed by atoms with van der Waals surface area (Å²) in [5.74, 6) is 0. The minimum Gasteiger partial charge on any atom is -0.213 e. The zero-order valence-electron chi connectivity index (χ0n) is 15.3. The summed E-state index contributed by atoms with van der Waals surface area (Å²) in [4.78, 5) is 1.32. The molecule has 0 aliphatic carbocycles. The molecule has 0 saturated carbocycles. The van der Waals surface area contributed by atoms with Gasteiger partial charge in [0.25, 0.3) is 0 Å². The van der Waals surface area contributed by atoms with E-state index in [1.54, 1.807) is 0 Å². The van der Waals surface area contributed by atoms with Gasteiger partial charge in [-0.3, -0.25) is 0 Å². The Bertz CT molecular complexity index is 921. The van der Waals surface area contributed by atoms with E-state index in [0.29, 0.717) is 5.25 Å². The predicted octanol–water partition coefficient (Wildman–Crippen LogP) is 6.02. The first-order valence-corrected chi connectivity index (χ1v) is 11.4. The van der Waals surface area contributed by atoms with Crippen LogP contribution in [0.3, 0.4) is 0 Å². The average Bonchev–Trinajstić information content (AvgIpc) is 3.20. The first-order chi connectivity index (χ1) is 13.3. The molecule has 134 valence electrons. The molecule has 1 atom stereocenters. The van der Waals surface area contributed by atoms with E-state index in [2.05, 4.69) is 116 Å². The van der Waals surface area contributed by atoms with Gasteiger partial charge in [0.15, 0.2) is 0 Å². The van der Waals surface area contributed by atoms with Crippen molar-refractivity contribution in [3.05, 3.63) is 115 Å². The standard InChI is InChI=1S/C25H22PS/c1-20(27-23-16-9-4-10-17-23)24-18-11-19-25(24)26(21-12-5-2-6-13-21)22-14-7-3-8-15-22/h2-20H,1H3/q-1/t20-/m0/s1. The number of benzene rings is 3. The van der Waals surface area contributed by atoms with Crippen LogP contribution in [-0.4, -0.2) is 0 Å². The first-order valence-electron chi connectivity index (χ1n) is 9.20. The highest BCUT2D eigenvalue weighted by molar-refractivity contribution is 7.99. The fraction of sp³-hybridized carbons (Fsp3) is 0.0800. The lowest BCUT2D eigenvalue weighted by Crippen LogP contribution is -2.22. The highest BCUT2D eigenvalue weighted by Gasteiger charge is 2.17. The molecule has 0 fully saturated rings. The molecule has 2 heteroatoms. The second-order valence-corrected chi connectivity index (χ2v) is 10.0. The van der Waals surface area contributed by atoms with Gasteiger partial charge in [-0.15, -0.1) is 22.6 Å². The smallest absolute Gasteiger partial charge is 0.00675 e. The zero-order chi connectivity index (χ0) is 18.5. The molecule has 0 saturated heterocycles. The molecule has 0 N–H and O–H groups in total. The van der Waals surface area contributed by atoms with Crippen molar-refractivity contribution in [2.75, 3.05) is 0 Å². The Morgan fingerprint density at radius 1 is 0.667 bits per heavy atom. The molecule has 0 amide bonds. The van der Waals surface area contributed by atoms with E-state index in [1.165, 1.54) is 26.4 Å².